The van der Waals surface area contributed by atoms with E-state index in [1.165, 1.54) is 19.2 Å². The molecule has 0 unspecified atom stereocenters. The van der Waals surface area contributed by atoms with E-state index in [-0.39, 0.29) is 32.4 Å². The second-order valence-corrected chi connectivity index (χ2v) is 7.45. The molecule has 0 radical (unpaired) electrons. The minimum Gasteiger partial charge on any atom is -0.495 e. The van der Waals surface area contributed by atoms with Crippen LogP contribution in [0.4, 0.5) is 0 Å². The first-order valence-electron chi connectivity index (χ1n) is 6.82. The highest BCUT2D eigenvalue weighted by molar-refractivity contribution is 7.87. The van der Waals surface area contributed by atoms with Crippen LogP contribution in [0.25, 0.3) is 0 Å². The average molecular weight is 375 g/mol. The molecule has 0 spiro atoms. The molecule has 2 aromatic carbocycles. The lowest BCUT2D eigenvalue weighted by Crippen LogP contribution is -2.12. The number of rotatable bonds is 5. The zero-order valence-electron chi connectivity index (χ0n) is 12.8. The molecule has 0 N–H and O–H groups in total. The number of methoxy groups -OCH3 is 1. The highest BCUT2D eigenvalue weighted by Gasteiger charge is 2.24. The largest absolute Gasteiger partial charge is 0.495 e. The van der Waals surface area contributed by atoms with E-state index in [0.29, 0.717) is 0 Å². The minimum absolute atomic E-state index is 0.0313. The van der Waals surface area contributed by atoms with Crippen molar-refractivity contribution in [2.24, 2.45) is 0 Å². The summed E-state index contributed by atoms with van der Waals surface area (Å²) in [5.41, 5.74) is 0.852. The first-order valence-corrected chi connectivity index (χ1v) is 8.99. The Balaban J connectivity index is 2.50. The molecule has 0 amide bonds. The molecule has 0 aliphatic rings. The second kappa shape index (κ2) is 6.99. The molecule has 0 aliphatic heterocycles. The number of hydrogen-bond donors (Lipinski definition) is 0. The van der Waals surface area contributed by atoms with E-state index < -0.39 is 10.1 Å². The van der Waals surface area contributed by atoms with Crippen LogP contribution in [-0.2, 0) is 10.1 Å². The summed E-state index contributed by atoms with van der Waals surface area (Å²) in [6.07, 6.45) is 0. The summed E-state index contributed by atoms with van der Waals surface area (Å²) in [7, 11) is -2.72. The van der Waals surface area contributed by atoms with Crippen LogP contribution in [0.1, 0.15) is 25.3 Å². The van der Waals surface area contributed by atoms with Crippen LogP contribution in [0, 0.1) is 0 Å². The smallest absolute Gasteiger partial charge is 0.342 e. The molecule has 0 bridgehead atoms. The first-order chi connectivity index (χ1) is 10.8. The Labute approximate surface area is 146 Å². The molecule has 23 heavy (non-hydrogen) atoms. The maximum absolute atomic E-state index is 12.6. The van der Waals surface area contributed by atoms with Crippen LogP contribution in [0.5, 0.6) is 11.5 Å². The molecule has 0 fully saturated rings. The lowest BCUT2D eigenvalue weighted by molar-refractivity contribution is 0.397. The molecule has 2 rings (SSSR count). The molecule has 2 aromatic rings. The highest BCUT2D eigenvalue weighted by atomic mass is 35.5. The number of ether oxygens (including phenoxy) is 1. The Morgan fingerprint density at radius 1 is 1.04 bits per heavy atom. The zero-order valence-corrected chi connectivity index (χ0v) is 15.2. The van der Waals surface area contributed by atoms with Gasteiger partial charge >= 0.3 is 10.1 Å². The van der Waals surface area contributed by atoms with E-state index in [4.69, 9.17) is 32.1 Å². The van der Waals surface area contributed by atoms with Crippen molar-refractivity contribution in [3.63, 3.8) is 0 Å². The van der Waals surface area contributed by atoms with E-state index in [1.54, 1.807) is 18.2 Å². The Morgan fingerprint density at radius 3 is 2.35 bits per heavy atom. The molecular weight excluding hydrogens is 359 g/mol. The first kappa shape index (κ1) is 17.9. The van der Waals surface area contributed by atoms with Gasteiger partial charge < -0.3 is 8.92 Å². The van der Waals surface area contributed by atoms with Crippen LogP contribution in [0.2, 0.25) is 10.0 Å². The van der Waals surface area contributed by atoms with Crippen LogP contribution < -0.4 is 8.92 Å². The van der Waals surface area contributed by atoms with Crippen molar-refractivity contribution >= 4 is 33.3 Å². The van der Waals surface area contributed by atoms with Crippen molar-refractivity contribution in [2.75, 3.05) is 7.11 Å². The summed E-state index contributed by atoms with van der Waals surface area (Å²) in [5.74, 6) is 0.327. The molecule has 7 heteroatoms. The summed E-state index contributed by atoms with van der Waals surface area (Å²) in [6.45, 7) is 3.93. The van der Waals surface area contributed by atoms with Crippen molar-refractivity contribution in [3.05, 3.63) is 52.0 Å². The molecule has 124 valence electrons. The maximum atomic E-state index is 12.6. The van der Waals surface area contributed by atoms with Crippen molar-refractivity contribution in [3.8, 4) is 11.5 Å². The molecule has 0 aromatic heterocycles. The minimum atomic E-state index is -4.12. The van der Waals surface area contributed by atoms with Gasteiger partial charge in [0, 0.05) is 0 Å². The summed E-state index contributed by atoms with van der Waals surface area (Å²) < 4.78 is 35.5. The number of halogens is 2. The van der Waals surface area contributed by atoms with E-state index in [9.17, 15) is 8.42 Å². The van der Waals surface area contributed by atoms with E-state index in [1.807, 2.05) is 19.9 Å². The van der Waals surface area contributed by atoms with Crippen LogP contribution >= 0.6 is 23.2 Å². The van der Waals surface area contributed by atoms with Gasteiger partial charge in [-0.2, -0.15) is 8.42 Å². The molecule has 0 heterocycles. The lowest BCUT2D eigenvalue weighted by atomic mass is 10.0. The fourth-order valence-corrected chi connectivity index (χ4v) is 3.48. The molecular formula is C16H16Cl2O4S. The third-order valence-corrected chi connectivity index (χ3v) is 5.30. The van der Waals surface area contributed by atoms with Gasteiger partial charge in [-0.05, 0) is 35.7 Å². The van der Waals surface area contributed by atoms with Gasteiger partial charge in [0.15, 0.2) is 5.75 Å². The number of benzene rings is 2. The summed E-state index contributed by atoms with van der Waals surface area (Å²) >= 11 is 11.9. The quantitative estimate of drug-likeness (QED) is 0.698. The monoisotopic (exact) mass is 374 g/mol. The Hall–Kier alpha value is -1.43. The molecule has 0 aliphatic carbocycles. The topological polar surface area (TPSA) is 52.6 Å². The van der Waals surface area contributed by atoms with E-state index >= 15 is 0 Å². The third-order valence-electron chi connectivity index (χ3n) is 3.24. The van der Waals surface area contributed by atoms with Crippen LogP contribution in [-0.4, -0.2) is 15.5 Å². The Kier molecular flexibility index (Phi) is 5.45. The number of hydrogen-bond acceptors (Lipinski definition) is 4. The van der Waals surface area contributed by atoms with Crippen LogP contribution in [0.3, 0.4) is 0 Å². The van der Waals surface area contributed by atoms with Crippen molar-refractivity contribution in [1.82, 2.24) is 0 Å². The zero-order chi connectivity index (χ0) is 17.2. The van der Waals surface area contributed by atoms with Gasteiger partial charge in [-0.1, -0.05) is 49.2 Å². The summed E-state index contributed by atoms with van der Waals surface area (Å²) in [5, 5.41) is 0.249. The highest BCUT2D eigenvalue weighted by Crippen LogP contribution is 2.35. The van der Waals surface area contributed by atoms with Gasteiger partial charge in [-0.3, -0.25) is 0 Å². The molecule has 0 saturated heterocycles. The molecule has 0 saturated carbocycles. The van der Waals surface area contributed by atoms with Crippen molar-refractivity contribution in [2.45, 2.75) is 24.7 Å². The SMILES string of the molecule is COc1ccc(C(C)C)cc1S(=O)(=O)Oc1cccc(Cl)c1Cl. The van der Waals surface area contributed by atoms with Crippen molar-refractivity contribution < 1.29 is 17.3 Å². The van der Waals surface area contributed by atoms with Gasteiger partial charge in [0.1, 0.15) is 15.7 Å². The third kappa shape index (κ3) is 3.91. The lowest BCUT2D eigenvalue weighted by Gasteiger charge is -2.14. The van der Waals surface area contributed by atoms with Crippen molar-refractivity contribution in [1.29, 1.82) is 0 Å². The van der Waals surface area contributed by atoms with Gasteiger partial charge in [0.2, 0.25) is 0 Å². The fraction of sp³-hybridized carbons (Fsp3) is 0.250. The normalized spacial score (nSPS) is 11.6. The molecule has 4 nitrogen and oxygen atoms in total. The second-order valence-electron chi connectivity index (χ2n) is 5.15. The van der Waals surface area contributed by atoms with Gasteiger partial charge in [-0.25, -0.2) is 0 Å². The van der Waals surface area contributed by atoms with Gasteiger partial charge in [0.25, 0.3) is 0 Å². The fourth-order valence-electron chi connectivity index (χ4n) is 1.96. The average Bonchev–Trinajstić information content (AvgIpc) is 2.51. The maximum Gasteiger partial charge on any atom is 0.342 e. The standard InChI is InChI=1S/C16H16Cl2O4S/c1-10(2)11-7-8-13(21-3)15(9-11)23(19,20)22-14-6-4-5-12(17)16(14)18/h4-10H,1-3H3. The predicted molar refractivity (Wildman–Crippen MR) is 91.4 cm³/mol. The van der Waals surface area contributed by atoms with Gasteiger partial charge in [0.05, 0.1) is 12.1 Å². The molecule has 0 atom stereocenters. The van der Waals surface area contributed by atoms with E-state index in [0.717, 1.165) is 5.56 Å². The summed E-state index contributed by atoms with van der Waals surface area (Å²) in [4.78, 5) is -0.0535. The van der Waals surface area contributed by atoms with Gasteiger partial charge in [-0.15, -0.1) is 0 Å². The predicted octanol–water partition coefficient (Wildman–Crippen LogP) is 4.89. The van der Waals surface area contributed by atoms with E-state index in [2.05, 4.69) is 0 Å². The Bertz CT molecular complexity index is 817. The van der Waals surface area contributed by atoms with Crippen LogP contribution in [0.15, 0.2) is 41.3 Å². The summed E-state index contributed by atoms with van der Waals surface area (Å²) in [6, 6.07) is 9.49. The Morgan fingerprint density at radius 2 is 1.74 bits per heavy atom.